The third-order valence-electron chi connectivity index (χ3n) is 4.78. The van der Waals surface area contributed by atoms with Crippen molar-refractivity contribution < 1.29 is 14.3 Å². The zero-order valence-electron chi connectivity index (χ0n) is 16.6. The summed E-state index contributed by atoms with van der Waals surface area (Å²) in [5.74, 6) is -0.699. The molecule has 4 heteroatoms. The topological polar surface area (TPSA) is 48.3 Å². The van der Waals surface area contributed by atoms with Crippen molar-refractivity contribution in [3.05, 3.63) is 88.7 Å². The number of Topliss-reactive ketones (excluding diaryl/α,β-unsaturated/α-hetero) is 1. The van der Waals surface area contributed by atoms with Crippen molar-refractivity contribution >= 4 is 11.8 Å². The number of carbonyl (C=O) groups is 2. The highest BCUT2D eigenvalue weighted by Gasteiger charge is 2.13. The third-order valence-corrected chi connectivity index (χ3v) is 4.78. The van der Waals surface area contributed by atoms with Gasteiger partial charge in [-0.25, -0.2) is 4.79 Å². The standard InChI is InChI=1S/C24H25NO3/c1-4-5-19-8-10-20(11-9-19)23(26)16-28-24(27)21-12-14-22(15-13-21)25-17(2)6-7-18(25)3/h6-15H,4-5,16H2,1-3H3. The number of aromatic nitrogens is 1. The molecule has 0 spiro atoms. The van der Waals surface area contributed by atoms with Gasteiger partial charge >= 0.3 is 5.97 Å². The maximum Gasteiger partial charge on any atom is 0.338 e. The predicted molar refractivity (Wildman–Crippen MR) is 110 cm³/mol. The summed E-state index contributed by atoms with van der Waals surface area (Å²) < 4.78 is 7.32. The smallest absolute Gasteiger partial charge is 0.338 e. The van der Waals surface area contributed by atoms with Crippen molar-refractivity contribution in [1.29, 1.82) is 0 Å². The molecule has 4 nitrogen and oxygen atoms in total. The molecule has 0 fully saturated rings. The number of esters is 1. The quantitative estimate of drug-likeness (QED) is 0.427. The molecular formula is C24H25NO3. The number of aryl methyl sites for hydroxylation is 3. The Balaban J connectivity index is 1.61. The van der Waals surface area contributed by atoms with E-state index in [0.717, 1.165) is 29.9 Å². The van der Waals surface area contributed by atoms with Crippen molar-refractivity contribution in [1.82, 2.24) is 4.57 Å². The van der Waals surface area contributed by atoms with Gasteiger partial charge in [0, 0.05) is 22.6 Å². The molecule has 3 aromatic rings. The molecule has 2 aromatic carbocycles. The second kappa shape index (κ2) is 8.70. The Morgan fingerprint density at radius 2 is 1.39 bits per heavy atom. The molecule has 144 valence electrons. The van der Waals surface area contributed by atoms with Gasteiger partial charge in [-0.2, -0.15) is 0 Å². The van der Waals surface area contributed by atoms with E-state index in [0.29, 0.717) is 11.1 Å². The Hall–Kier alpha value is -3.14. The fourth-order valence-corrected chi connectivity index (χ4v) is 3.27. The van der Waals surface area contributed by atoms with Crippen molar-refractivity contribution in [2.75, 3.05) is 6.61 Å². The van der Waals surface area contributed by atoms with Gasteiger partial charge in [-0.3, -0.25) is 4.79 Å². The first kappa shape index (κ1) is 19.6. The average Bonchev–Trinajstić information content (AvgIpc) is 3.05. The van der Waals surface area contributed by atoms with E-state index in [9.17, 15) is 9.59 Å². The van der Waals surface area contributed by atoms with Gasteiger partial charge < -0.3 is 9.30 Å². The summed E-state index contributed by atoms with van der Waals surface area (Å²) >= 11 is 0. The molecule has 0 amide bonds. The van der Waals surface area contributed by atoms with Crippen LogP contribution in [0.1, 0.15) is 51.0 Å². The number of benzene rings is 2. The van der Waals surface area contributed by atoms with Crippen LogP contribution in [0.5, 0.6) is 0 Å². The summed E-state index contributed by atoms with van der Waals surface area (Å²) in [6, 6.07) is 18.8. The number of nitrogens with zero attached hydrogens (tertiary/aromatic N) is 1. The molecule has 0 aliphatic rings. The number of hydrogen-bond acceptors (Lipinski definition) is 3. The highest BCUT2D eigenvalue weighted by atomic mass is 16.5. The van der Waals surface area contributed by atoms with Gasteiger partial charge in [0.2, 0.25) is 0 Å². The van der Waals surface area contributed by atoms with Crippen LogP contribution in [0, 0.1) is 13.8 Å². The lowest BCUT2D eigenvalue weighted by molar-refractivity contribution is 0.0475. The first-order valence-electron chi connectivity index (χ1n) is 9.54. The van der Waals surface area contributed by atoms with E-state index >= 15 is 0 Å². The minimum Gasteiger partial charge on any atom is -0.454 e. The number of ketones is 1. The molecule has 0 bridgehead atoms. The van der Waals surface area contributed by atoms with Gasteiger partial charge in [0.05, 0.1) is 5.56 Å². The summed E-state index contributed by atoms with van der Waals surface area (Å²) in [4.78, 5) is 24.5. The van der Waals surface area contributed by atoms with Crippen LogP contribution < -0.4 is 0 Å². The first-order chi connectivity index (χ1) is 13.5. The highest BCUT2D eigenvalue weighted by molar-refractivity contribution is 5.99. The monoisotopic (exact) mass is 375 g/mol. The largest absolute Gasteiger partial charge is 0.454 e. The van der Waals surface area contributed by atoms with Crippen molar-refractivity contribution in [2.24, 2.45) is 0 Å². The lowest BCUT2D eigenvalue weighted by Gasteiger charge is -2.10. The van der Waals surface area contributed by atoms with Crippen LogP contribution >= 0.6 is 0 Å². The third kappa shape index (κ3) is 4.39. The molecule has 0 N–H and O–H groups in total. The van der Waals surface area contributed by atoms with Crippen LogP contribution in [0.3, 0.4) is 0 Å². The molecule has 1 aromatic heterocycles. The van der Waals surface area contributed by atoms with Gasteiger partial charge in [-0.1, -0.05) is 37.6 Å². The average molecular weight is 375 g/mol. The second-order valence-electron chi connectivity index (χ2n) is 6.94. The maximum atomic E-state index is 12.3. The van der Waals surface area contributed by atoms with E-state index in [-0.39, 0.29) is 12.4 Å². The number of hydrogen-bond donors (Lipinski definition) is 0. The number of carbonyl (C=O) groups excluding carboxylic acids is 2. The predicted octanol–water partition coefficient (Wildman–Crippen LogP) is 5.09. The summed E-state index contributed by atoms with van der Waals surface area (Å²) in [6.45, 7) is 5.93. The Morgan fingerprint density at radius 3 is 1.96 bits per heavy atom. The fourth-order valence-electron chi connectivity index (χ4n) is 3.27. The van der Waals surface area contributed by atoms with Crippen LogP contribution in [-0.2, 0) is 11.2 Å². The van der Waals surface area contributed by atoms with Gasteiger partial charge in [-0.15, -0.1) is 0 Å². The van der Waals surface area contributed by atoms with Crippen LogP contribution in [-0.4, -0.2) is 22.9 Å². The van der Waals surface area contributed by atoms with Gasteiger partial charge in [0.15, 0.2) is 12.4 Å². The van der Waals surface area contributed by atoms with Crippen molar-refractivity contribution in [2.45, 2.75) is 33.6 Å². The van der Waals surface area contributed by atoms with Gasteiger partial charge in [0.25, 0.3) is 0 Å². The Labute approximate surface area is 165 Å². The van der Waals surface area contributed by atoms with E-state index in [2.05, 4.69) is 23.6 Å². The molecule has 0 saturated carbocycles. The normalized spacial score (nSPS) is 10.7. The number of ether oxygens (including phenoxy) is 1. The van der Waals surface area contributed by atoms with Gasteiger partial charge in [0.1, 0.15) is 0 Å². The molecular weight excluding hydrogens is 350 g/mol. The van der Waals surface area contributed by atoms with E-state index < -0.39 is 5.97 Å². The minimum absolute atomic E-state index is 0.202. The molecule has 0 radical (unpaired) electrons. The summed E-state index contributed by atoms with van der Waals surface area (Å²) in [5.41, 5.74) is 5.43. The molecule has 0 saturated heterocycles. The molecule has 0 unspecified atom stereocenters. The van der Waals surface area contributed by atoms with Crippen molar-refractivity contribution in [3.63, 3.8) is 0 Å². The Kier molecular flexibility index (Phi) is 6.09. The fraction of sp³-hybridized carbons (Fsp3) is 0.250. The van der Waals surface area contributed by atoms with E-state index in [1.807, 2.05) is 38.1 Å². The lowest BCUT2D eigenvalue weighted by atomic mass is 10.1. The molecule has 0 aliphatic carbocycles. The summed E-state index contributed by atoms with van der Waals surface area (Å²) in [7, 11) is 0. The second-order valence-corrected chi connectivity index (χ2v) is 6.94. The lowest BCUT2D eigenvalue weighted by Crippen LogP contribution is -2.14. The minimum atomic E-state index is -0.497. The number of rotatable bonds is 7. The zero-order valence-corrected chi connectivity index (χ0v) is 16.6. The molecule has 1 heterocycles. The SMILES string of the molecule is CCCc1ccc(C(=O)COC(=O)c2ccc(-n3c(C)ccc3C)cc2)cc1. The first-order valence-corrected chi connectivity index (χ1v) is 9.54. The van der Waals surface area contributed by atoms with E-state index in [4.69, 9.17) is 4.74 Å². The Morgan fingerprint density at radius 1 is 0.821 bits per heavy atom. The van der Waals surface area contributed by atoms with Crippen LogP contribution in [0.25, 0.3) is 5.69 Å². The zero-order chi connectivity index (χ0) is 20.1. The van der Waals surface area contributed by atoms with Crippen LogP contribution in [0.2, 0.25) is 0 Å². The molecule has 0 atom stereocenters. The molecule has 0 aliphatic heterocycles. The molecule has 28 heavy (non-hydrogen) atoms. The summed E-state index contributed by atoms with van der Waals surface area (Å²) in [5, 5.41) is 0. The maximum absolute atomic E-state index is 12.3. The molecule has 3 rings (SSSR count). The summed E-state index contributed by atoms with van der Waals surface area (Å²) in [6.07, 6.45) is 2.05. The van der Waals surface area contributed by atoms with E-state index in [1.54, 1.807) is 24.3 Å². The van der Waals surface area contributed by atoms with Crippen LogP contribution in [0.15, 0.2) is 60.7 Å². The van der Waals surface area contributed by atoms with Gasteiger partial charge in [-0.05, 0) is 62.2 Å². The van der Waals surface area contributed by atoms with Crippen molar-refractivity contribution in [3.8, 4) is 5.69 Å². The van der Waals surface area contributed by atoms with E-state index in [1.165, 1.54) is 5.56 Å². The Bertz CT molecular complexity index is 947. The highest BCUT2D eigenvalue weighted by Crippen LogP contribution is 2.17. The van der Waals surface area contributed by atoms with Crippen LogP contribution in [0.4, 0.5) is 0 Å².